The maximum absolute atomic E-state index is 12.6. The standard InChI is InChI=1S/C23H27ClN2O3/c1-17-2-3-18(14-20(17)24)5-7-23(27)26-10-8-25(9-11-26)16-19-4-6-21-22(15-19)29-13-12-28-21/h2-4,6,14-15H,5,7-13,16H2,1H3. The van der Waals surface area contributed by atoms with Gasteiger partial charge in [-0.3, -0.25) is 9.69 Å². The summed E-state index contributed by atoms with van der Waals surface area (Å²) in [7, 11) is 0. The van der Waals surface area contributed by atoms with E-state index in [1.807, 2.05) is 30.0 Å². The first-order valence-corrected chi connectivity index (χ1v) is 10.6. The van der Waals surface area contributed by atoms with Crippen LogP contribution in [0.15, 0.2) is 36.4 Å². The van der Waals surface area contributed by atoms with E-state index in [-0.39, 0.29) is 5.91 Å². The number of amides is 1. The average molecular weight is 415 g/mol. The molecule has 154 valence electrons. The van der Waals surface area contributed by atoms with Gasteiger partial charge < -0.3 is 14.4 Å². The zero-order valence-electron chi connectivity index (χ0n) is 16.8. The topological polar surface area (TPSA) is 42.0 Å². The number of ether oxygens (including phenoxy) is 2. The number of rotatable bonds is 5. The van der Waals surface area contributed by atoms with Crippen LogP contribution in [0.2, 0.25) is 5.02 Å². The van der Waals surface area contributed by atoms with Gasteiger partial charge in [0.25, 0.3) is 0 Å². The minimum Gasteiger partial charge on any atom is -0.486 e. The molecule has 2 aromatic carbocycles. The van der Waals surface area contributed by atoms with Crippen molar-refractivity contribution in [3.8, 4) is 11.5 Å². The Balaban J connectivity index is 1.24. The second-order valence-electron chi connectivity index (χ2n) is 7.72. The fourth-order valence-electron chi connectivity index (χ4n) is 3.80. The lowest BCUT2D eigenvalue weighted by Gasteiger charge is -2.35. The molecular weight excluding hydrogens is 388 g/mol. The fourth-order valence-corrected chi connectivity index (χ4v) is 4.00. The predicted octanol–water partition coefficient (Wildman–Crippen LogP) is 3.70. The van der Waals surface area contributed by atoms with E-state index in [0.29, 0.717) is 19.6 Å². The molecule has 2 aliphatic rings. The number of nitrogens with zero attached hydrogens (tertiary/aromatic N) is 2. The Hall–Kier alpha value is -2.24. The largest absolute Gasteiger partial charge is 0.486 e. The van der Waals surface area contributed by atoms with E-state index < -0.39 is 0 Å². The molecule has 2 heterocycles. The number of hydrogen-bond donors (Lipinski definition) is 0. The Morgan fingerprint density at radius 2 is 1.69 bits per heavy atom. The first kappa shape index (κ1) is 20.0. The molecular formula is C23H27ClN2O3. The number of fused-ring (bicyclic) bond motifs is 1. The van der Waals surface area contributed by atoms with Gasteiger partial charge in [0.1, 0.15) is 13.2 Å². The third-order valence-electron chi connectivity index (χ3n) is 5.60. The van der Waals surface area contributed by atoms with Crippen molar-refractivity contribution in [2.24, 2.45) is 0 Å². The van der Waals surface area contributed by atoms with Crippen LogP contribution in [0.1, 0.15) is 23.1 Å². The molecule has 0 unspecified atom stereocenters. The molecule has 5 nitrogen and oxygen atoms in total. The first-order valence-electron chi connectivity index (χ1n) is 10.2. The van der Waals surface area contributed by atoms with Crippen molar-refractivity contribution in [2.45, 2.75) is 26.3 Å². The summed E-state index contributed by atoms with van der Waals surface area (Å²) in [6.45, 7) is 7.39. The second kappa shape index (κ2) is 9.06. The van der Waals surface area contributed by atoms with Crippen LogP contribution in [0, 0.1) is 6.92 Å². The highest BCUT2D eigenvalue weighted by atomic mass is 35.5. The van der Waals surface area contributed by atoms with Gasteiger partial charge in [-0.25, -0.2) is 0 Å². The summed E-state index contributed by atoms with van der Waals surface area (Å²) in [5.41, 5.74) is 3.40. The van der Waals surface area contributed by atoms with Gasteiger partial charge in [-0.2, -0.15) is 0 Å². The number of carbonyl (C=O) groups is 1. The lowest BCUT2D eigenvalue weighted by Crippen LogP contribution is -2.48. The van der Waals surface area contributed by atoms with E-state index in [9.17, 15) is 4.79 Å². The van der Waals surface area contributed by atoms with Crippen LogP contribution in [-0.2, 0) is 17.8 Å². The molecule has 0 radical (unpaired) electrons. The van der Waals surface area contributed by atoms with E-state index in [1.54, 1.807) is 0 Å². The molecule has 0 atom stereocenters. The molecule has 0 aromatic heterocycles. The van der Waals surface area contributed by atoms with Crippen LogP contribution in [0.3, 0.4) is 0 Å². The monoisotopic (exact) mass is 414 g/mol. The minimum atomic E-state index is 0.223. The van der Waals surface area contributed by atoms with Crippen LogP contribution < -0.4 is 9.47 Å². The van der Waals surface area contributed by atoms with Crippen LogP contribution in [0.25, 0.3) is 0 Å². The maximum Gasteiger partial charge on any atom is 0.222 e. The van der Waals surface area contributed by atoms with Crippen LogP contribution in [0.5, 0.6) is 11.5 Å². The number of piperazine rings is 1. The van der Waals surface area contributed by atoms with E-state index in [0.717, 1.165) is 66.8 Å². The predicted molar refractivity (Wildman–Crippen MR) is 114 cm³/mol. The number of halogens is 1. The van der Waals surface area contributed by atoms with Crippen molar-refractivity contribution in [3.63, 3.8) is 0 Å². The zero-order valence-corrected chi connectivity index (χ0v) is 17.6. The van der Waals surface area contributed by atoms with Crippen molar-refractivity contribution in [1.29, 1.82) is 0 Å². The van der Waals surface area contributed by atoms with Gasteiger partial charge in [-0.15, -0.1) is 0 Å². The Morgan fingerprint density at radius 3 is 2.45 bits per heavy atom. The maximum atomic E-state index is 12.6. The van der Waals surface area contributed by atoms with Crippen molar-refractivity contribution >= 4 is 17.5 Å². The highest BCUT2D eigenvalue weighted by molar-refractivity contribution is 6.31. The molecule has 0 spiro atoms. The van der Waals surface area contributed by atoms with Gasteiger partial charge in [0.2, 0.25) is 5.91 Å². The van der Waals surface area contributed by atoms with E-state index >= 15 is 0 Å². The number of benzene rings is 2. The molecule has 0 N–H and O–H groups in total. The molecule has 0 saturated carbocycles. The summed E-state index contributed by atoms with van der Waals surface area (Å²) in [4.78, 5) is 17.0. The summed E-state index contributed by atoms with van der Waals surface area (Å²) in [6.07, 6.45) is 1.26. The van der Waals surface area contributed by atoms with Crippen LogP contribution in [0.4, 0.5) is 0 Å². The van der Waals surface area contributed by atoms with E-state index in [4.69, 9.17) is 21.1 Å². The average Bonchev–Trinajstić information content (AvgIpc) is 2.75. The SMILES string of the molecule is Cc1ccc(CCC(=O)N2CCN(Cc3ccc4c(c3)OCCO4)CC2)cc1Cl. The lowest BCUT2D eigenvalue weighted by atomic mass is 10.1. The van der Waals surface area contributed by atoms with Gasteiger partial charge in [0.15, 0.2) is 11.5 Å². The third kappa shape index (κ3) is 5.03. The van der Waals surface area contributed by atoms with E-state index in [1.165, 1.54) is 5.56 Å². The lowest BCUT2D eigenvalue weighted by molar-refractivity contribution is -0.133. The first-order chi connectivity index (χ1) is 14.1. The van der Waals surface area contributed by atoms with Crippen molar-refractivity contribution in [2.75, 3.05) is 39.4 Å². The summed E-state index contributed by atoms with van der Waals surface area (Å²) in [6, 6.07) is 12.2. The normalized spacial score (nSPS) is 16.7. The Bertz CT molecular complexity index is 878. The quantitative estimate of drug-likeness (QED) is 0.748. The van der Waals surface area contributed by atoms with Crippen LogP contribution >= 0.6 is 11.6 Å². The van der Waals surface area contributed by atoms with Gasteiger partial charge in [-0.1, -0.05) is 29.8 Å². The molecule has 1 fully saturated rings. The molecule has 0 aliphatic carbocycles. The Morgan fingerprint density at radius 1 is 0.966 bits per heavy atom. The Kier molecular flexibility index (Phi) is 6.26. The van der Waals surface area contributed by atoms with Crippen molar-refractivity contribution in [3.05, 3.63) is 58.1 Å². The highest BCUT2D eigenvalue weighted by Gasteiger charge is 2.21. The molecule has 2 aromatic rings. The van der Waals surface area contributed by atoms with Crippen LogP contribution in [-0.4, -0.2) is 55.1 Å². The van der Waals surface area contributed by atoms with E-state index in [2.05, 4.69) is 23.1 Å². The summed E-state index contributed by atoms with van der Waals surface area (Å²) >= 11 is 6.18. The molecule has 29 heavy (non-hydrogen) atoms. The molecule has 1 amide bonds. The molecule has 6 heteroatoms. The smallest absolute Gasteiger partial charge is 0.222 e. The fraction of sp³-hybridized carbons (Fsp3) is 0.435. The summed E-state index contributed by atoms with van der Waals surface area (Å²) in [5, 5.41) is 0.766. The van der Waals surface area contributed by atoms with Gasteiger partial charge in [0, 0.05) is 44.2 Å². The second-order valence-corrected chi connectivity index (χ2v) is 8.13. The number of hydrogen-bond acceptors (Lipinski definition) is 4. The molecule has 0 bridgehead atoms. The van der Waals surface area contributed by atoms with Crippen molar-refractivity contribution in [1.82, 2.24) is 9.80 Å². The minimum absolute atomic E-state index is 0.223. The molecule has 4 rings (SSSR count). The van der Waals surface area contributed by atoms with Gasteiger partial charge >= 0.3 is 0 Å². The molecule has 2 aliphatic heterocycles. The highest BCUT2D eigenvalue weighted by Crippen LogP contribution is 2.31. The molecule has 1 saturated heterocycles. The van der Waals surface area contributed by atoms with Gasteiger partial charge in [0.05, 0.1) is 0 Å². The summed E-state index contributed by atoms with van der Waals surface area (Å²) in [5.74, 6) is 1.88. The zero-order chi connectivity index (χ0) is 20.2. The number of carbonyl (C=O) groups excluding carboxylic acids is 1. The third-order valence-corrected chi connectivity index (χ3v) is 6.01. The van der Waals surface area contributed by atoms with Gasteiger partial charge in [-0.05, 0) is 48.2 Å². The van der Waals surface area contributed by atoms with Crippen molar-refractivity contribution < 1.29 is 14.3 Å². The summed E-state index contributed by atoms with van der Waals surface area (Å²) < 4.78 is 11.3. The number of aryl methyl sites for hydroxylation is 2. The Labute approximate surface area is 177 Å².